The first kappa shape index (κ1) is 23.8. The molecule has 0 fully saturated rings. The van der Waals surface area contributed by atoms with Crippen LogP contribution in [0.4, 0.5) is 0 Å². The summed E-state index contributed by atoms with van der Waals surface area (Å²) in [6.45, 7) is 2.09. The van der Waals surface area contributed by atoms with Crippen molar-refractivity contribution in [1.29, 1.82) is 0 Å². The van der Waals surface area contributed by atoms with E-state index in [1.165, 1.54) is 4.68 Å². The molecule has 0 saturated heterocycles. The second-order valence-electron chi connectivity index (χ2n) is 7.93. The van der Waals surface area contributed by atoms with Crippen molar-refractivity contribution in [2.24, 2.45) is 0 Å². The summed E-state index contributed by atoms with van der Waals surface area (Å²) in [6.07, 6.45) is 1.58. The van der Waals surface area contributed by atoms with Crippen LogP contribution in [0.25, 0.3) is 16.5 Å². The lowest BCUT2D eigenvalue weighted by molar-refractivity contribution is -0.132. The molecular weight excluding hydrogens is 446 g/mol. The topological polar surface area (TPSA) is 82.9 Å². The molecule has 4 rings (SSSR count). The van der Waals surface area contributed by atoms with Gasteiger partial charge in [0.1, 0.15) is 5.75 Å². The van der Waals surface area contributed by atoms with Crippen LogP contribution >= 0.6 is 0 Å². The number of fused-ring (bicyclic) bond motifs is 1. The van der Waals surface area contributed by atoms with Gasteiger partial charge in [-0.2, -0.15) is 5.10 Å². The molecule has 0 radical (unpaired) electrons. The van der Waals surface area contributed by atoms with Gasteiger partial charge >= 0.3 is 5.97 Å². The van der Waals surface area contributed by atoms with E-state index in [-0.39, 0.29) is 30.6 Å². The van der Waals surface area contributed by atoms with Gasteiger partial charge in [0.15, 0.2) is 12.4 Å². The Morgan fingerprint density at radius 1 is 1.00 bits per heavy atom. The van der Waals surface area contributed by atoms with Crippen molar-refractivity contribution in [3.05, 3.63) is 84.2 Å². The van der Waals surface area contributed by atoms with Gasteiger partial charge in [0.05, 0.1) is 25.6 Å². The van der Waals surface area contributed by atoms with Crippen LogP contribution in [0.15, 0.2) is 72.9 Å². The molecule has 0 spiro atoms. The fraction of sp³-hybridized carbons (Fsp3) is 0.222. The maximum Gasteiger partial charge on any atom is 0.362 e. The molecule has 8 heteroatoms. The third kappa shape index (κ3) is 5.60. The number of carbonyl (C=O) groups is 2. The molecule has 4 aromatic rings. The fourth-order valence-corrected chi connectivity index (χ4v) is 3.63. The Morgan fingerprint density at radius 3 is 2.49 bits per heavy atom. The zero-order chi connectivity index (χ0) is 24.8. The molecule has 0 bridgehead atoms. The summed E-state index contributed by atoms with van der Waals surface area (Å²) in [7, 11) is 3.35. The highest BCUT2D eigenvalue weighted by Crippen LogP contribution is 2.23. The molecule has 0 unspecified atom stereocenters. The Labute approximate surface area is 203 Å². The molecule has 0 N–H and O–H groups in total. The van der Waals surface area contributed by atoms with Gasteiger partial charge in [0.25, 0.3) is 5.91 Å². The van der Waals surface area contributed by atoms with Crippen LogP contribution in [0.2, 0.25) is 0 Å². The van der Waals surface area contributed by atoms with Crippen molar-refractivity contribution in [2.75, 3.05) is 27.4 Å². The molecule has 3 aromatic carbocycles. The summed E-state index contributed by atoms with van der Waals surface area (Å²) in [5.41, 5.74) is 1.77. The van der Waals surface area contributed by atoms with E-state index in [1.807, 2.05) is 66.7 Å². The maximum absolute atomic E-state index is 12.8. The molecule has 0 aliphatic rings. The summed E-state index contributed by atoms with van der Waals surface area (Å²) >= 11 is 0. The van der Waals surface area contributed by atoms with Crippen LogP contribution in [-0.4, -0.2) is 53.9 Å². The predicted octanol–water partition coefficient (Wildman–Crippen LogP) is 4.25. The normalized spacial score (nSPS) is 10.7. The number of methoxy groups -OCH3 is 1. The van der Waals surface area contributed by atoms with Crippen LogP contribution in [0, 0.1) is 0 Å². The number of nitrogens with zero attached hydrogens (tertiary/aromatic N) is 3. The van der Waals surface area contributed by atoms with Crippen LogP contribution < -0.4 is 9.47 Å². The van der Waals surface area contributed by atoms with Gasteiger partial charge in [-0.05, 0) is 53.6 Å². The second-order valence-corrected chi connectivity index (χ2v) is 7.93. The fourth-order valence-electron chi connectivity index (χ4n) is 3.63. The first-order valence-corrected chi connectivity index (χ1v) is 11.2. The number of aromatic nitrogens is 2. The van der Waals surface area contributed by atoms with Crippen molar-refractivity contribution >= 4 is 22.6 Å². The lowest BCUT2D eigenvalue weighted by Crippen LogP contribution is -2.31. The van der Waals surface area contributed by atoms with E-state index in [4.69, 9.17) is 14.2 Å². The monoisotopic (exact) mass is 473 g/mol. The average molecular weight is 474 g/mol. The number of para-hydroxylation sites is 1. The third-order valence-electron chi connectivity index (χ3n) is 5.48. The second kappa shape index (κ2) is 10.7. The molecule has 35 heavy (non-hydrogen) atoms. The minimum atomic E-state index is -0.606. The lowest BCUT2D eigenvalue weighted by Gasteiger charge is -2.18. The summed E-state index contributed by atoms with van der Waals surface area (Å²) in [5.74, 6) is 0.147. The molecule has 0 aliphatic heterocycles. The zero-order valence-electron chi connectivity index (χ0n) is 19.9. The van der Waals surface area contributed by atoms with Gasteiger partial charge in [-0.15, -0.1) is 0 Å². The Bertz CT molecular complexity index is 1330. The molecule has 0 saturated carbocycles. The smallest absolute Gasteiger partial charge is 0.362 e. The van der Waals surface area contributed by atoms with Crippen molar-refractivity contribution in [3.63, 3.8) is 0 Å². The van der Waals surface area contributed by atoms with E-state index in [0.29, 0.717) is 6.54 Å². The van der Waals surface area contributed by atoms with Gasteiger partial charge in [0.2, 0.25) is 5.69 Å². The molecule has 1 heterocycles. The summed E-state index contributed by atoms with van der Waals surface area (Å²) in [6, 6.07) is 21.2. The number of ether oxygens (including phenoxy) is 3. The minimum absolute atomic E-state index is 0.0242. The molecule has 8 nitrogen and oxygen atoms in total. The number of hydrogen-bond acceptors (Lipinski definition) is 6. The van der Waals surface area contributed by atoms with Gasteiger partial charge in [-0.1, -0.05) is 36.4 Å². The van der Waals surface area contributed by atoms with Crippen molar-refractivity contribution < 1.29 is 23.8 Å². The predicted molar refractivity (Wildman–Crippen MR) is 132 cm³/mol. The van der Waals surface area contributed by atoms with Crippen LogP contribution in [0.3, 0.4) is 0 Å². The molecule has 180 valence electrons. The molecule has 1 aromatic heterocycles. The first-order chi connectivity index (χ1) is 17.0. The number of carbonyl (C=O) groups excluding carboxylic acids is 2. The zero-order valence-corrected chi connectivity index (χ0v) is 19.9. The van der Waals surface area contributed by atoms with Crippen LogP contribution in [0.5, 0.6) is 11.5 Å². The lowest BCUT2D eigenvalue weighted by atomic mass is 10.1. The Balaban J connectivity index is 1.45. The first-order valence-electron chi connectivity index (χ1n) is 11.2. The van der Waals surface area contributed by atoms with Gasteiger partial charge in [-0.25, -0.2) is 9.48 Å². The van der Waals surface area contributed by atoms with Crippen LogP contribution in [0.1, 0.15) is 23.0 Å². The standard InChI is InChI=1S/C27H27N3O5/c1-4-34-27(32)26-24(17-30(28-26)22-8-6-5-7-9-22)35-18-25(31)29(2)16-19-10-11-21-15-23(33-3)13-12-20(21)14-19/h5-15,17H,4,16,18H2,1-3H3. The minimum Gasteiger partial charge on any atom is -0.497 e. The SMILES string of the molecule is CCOC(=O)c1nn(-c2ccccc2)cc1OCC(=O)N(C)Cc1ccc2cc(OC)ccc2c1. The molecule has 1 amide bonds. The maximum atomic E-state index is 12.8. The largest absolute Gasteiger partial charge is 0.497 e. The van der Waals surface area contributed by atoms with Crippen molar-refractivity contribution in [3.8, 4) is 17.2 Å². The Morgan fingerprint density at radius 2 is 1.74 bits per heavy atom. The number of amides is 1. The number of hydrogen-bond donors (Lipinski definition) is 0. The molecular formula is C27H27N3O5. The average Bonchev–Trinajstić information content (AvgIpc) is 3.32. The summed E-state index contributed by atoms with van der Waals surface area (Å²) in [5, 5.41) is 6.44. The highest BCUT2D eigenvalue weighted by atomic mass is 16.5. The van der Waals surface area contributed by atoms with Gasteiger partial charge < -0.3 is 19.1 Å². The Hall–Kier alpha value is -4.33. The number of likely N-dealkylation sites (N-methyl/N-ethyl adjacent to an activating group) is 1. The number of rotatable bonds is 9. The Kier molecular flexibility index (Phi) is 7.30. The van der Waals surface area contributed by atoms with E-state index in [2.05, 4.69) is 5.10 Å². The van der Waals surface area contributed by atoms with Crippen molar-refractivity contribution in [2.45, 2.75) is 13.5 Å². The van der Waals surface area contributed by atoms with Gasteiger partial charge in [-0.3, -0.25) is 4.79 Å². The van der Waals surface area contributed by atoms with Crippen molar-refractivity contribution in [1.82, 2.24) is 14.7 Å². The van der Waals surface area contributed by atoms with E-state index in [0.717, 1.165) is 27.8 Å². The summed E-state index contributed by atoms with van der Waals surface area (Å²) in [4.78, 5) is 26.8. The van der Waals surface area contributed by atoms with Gasteiger partial charge in [0, 0.05) is 13.6 Å². The number of esters is 1. The van der Waals surface area contributed by atoms with E-state index >= 15 is 0 Å². The molecule has 0 atom stereocenters. The number of benzene rings is 3. The molecule has 0 aliphatic carbocycles. The van der Waals surface area contributed by atoms with E-state index in [9.17, 15) is 9.59 Å². The quantitative estimate of drug-likeness (QED) is 0.338. The highest BCUT2D eigenvalue weighted by Gasteiger charge is 2.21. The third-order valence-corrected chi connectivity index (χ3v) is 5.48. The highest BCUT2D eigenvalue weighted by molar-refractivity contribution is 5.90. The van der Waals surface area contributed by atoms with Crippen LogP contribution in [-0.2, 0) is 16.1 Å². The van der Waals surface area contributed by atoms with E-state index < -0.39 is 5.97 Å². The van der Waals surface area contributed by atoms with E-state index in [1.54, 1.807) is 32.2 Å². The summed E-state index contributed by atoms with van der Waals surface area (Å²) < 4.78 is 17.6.